The average Bonchev–Trinajstić information content (AvgIpc) is 3.15. The van der Waals surface area contributed by atoms with E-state index in [0.717, 1.165) is 26.7 Å². The molecule has 2 N–H and O–H groups in total. The number of thiazole rings is 1. The van der Waals surface area contributed by atoms with Crippen LogP contribution in [0.15, 0.2) is 42.6 Å². The summed E-state index contributed by atoms with van der Waals surface area (Å²) in [5, 5.41) is 4.48. The first-order valence-corrected chi connectivity index (χ1v) is 8.19. The number of para-hydroxylation sites is 1. The van der Waals surface area contributed by atoms with Gasteiger partial charge in [-0.2, -0.15) is 0 Å². The van der Waals surface area contributed by atoms with E-state index in [0.29, 0.717) is 10.7 Å². The number of carbonyl (C=O) groups excluding carboxylic acids is 1. The van der Waals surface area contributed by atoms with Gasteiger partial charge >= 0.3 is 0 Å². The molecule has 5 heteroatoms. The molecule has 114 valence electrons. The fourth-order valence-electron chi connectivity index (χ4n) is 2.74. The Morgan fingerprint density at radius 3 is 2.74 bits per heavy atom. The van der Waals surface area contributed by atoms with Crippen LogP contribution in [0.1, 0.15) is 21.5 Å². The van der Waals surface area contributed by atoms with E-state index in [4.69, 9.17) is 0 Å². The SMILES string of the molecule is Cc1ccc(C)c2sc(NC(=O)c3c[nH]c4ccccc34)nc12. The number of nitrogens with zero attached hydrogens (tertiary/aromatic N) is 1. The molecule has 2 heterocycles. The summed E-state index contributed by atoms with van der Waals surface area (Å²) in [6, 6.07) is 11.9. The number of amides is 1. The Labute approximate surface area is 137 Å². The molecule has 4 aromatic rings. The molecule has 23 heavy (non-hydrogen) atoms. The molecule has 0 aliphatic carbocycles. The molecule has 0 bridgehead atoms. The van der Waals surface area contributed by atoms with Gasteiger partial charge in [0, 0.05) is 17.1 Å². The van der Waals surface area contributed by atoms with Gasteiger partial charge in [0.05, 0.1) is 15.8 Å². The lowest BCUT2D eigenvalue weighted by Crippen LogP contribution is -2.10. The van der Waals surface area contributed by atoms with Gasteiger partial charge in [0.15, 0.2) is 5.13 Å². The van der Waals surface area contributed by atoms with E-state index in [9.17, 15) is 4.79 Å². The van der Waals surface area contributed by atoms with E-state index in [-0.39, 0.29) is 5.91 Å². The highest BCUT2D eigenvalue weighted by atomic mass is 32.1. The first-order valence-electron chi connectivity index (χ1n) is 7.37. The minimum Gasteiger partial charge on any atom is -0.360 e. The number of nitrogens with one attached hydrogen (secondary N) is 2. The van der Waals surface area contributed by atoms with Gasteiger partial charge in [-0.05, 0) is 31.0 Å². The normalized spacial score (nSPS) is 11.2. The van der Waals surface area contributed by atoms with Crippen molar-refractivity contribution >= 4 is 43.5 Å². The third-order valence-electron chi connectivity index (χ3n) is 4.00. The monoisotopic (exact) mass is 321 g/mol. The minimum atomic E-state index is -0.142. The van der Waals surface area contributed by atoms with Crippen molar-refractivity contribution in [2.45, 2.75) is 13.8 Å². The van der Waals surface area contributed by atoms with Crippen LogP contribution in [-0.4, -0.2) is 15.9 Å². The third kappa shape index (κ3) is 2.29. The Balaban J connectivity index is 1.71. The Morgan fingerprint density at radius 1 is 1.13 bits per heavy atom. The van der Waals surface area contributed by atoms with Crippen LogP contribution in [-0.2, 0) is 0 Å². The van der Waals surface area contributed by atoms with Crippen molar-refractivity contribution in [2.75, 3.05) is 5.32 Å². The maximum Gasteiger partial charge on any atom is 0.259 e. The molecule has 0 saturated carbocycles. The second-order valence-electron chi connectivity index (χ2n) is 5.60. The fourth-order valence-corrected chi connectivity index (χ4v) is 3.74. The highest BCUT2D eigenvalue weighted by molar-refractivity contribution is 7.22. The molecule has 2 aromatic carbocycles. The van der Waals surface area contributed by atoms with Gasteiger partial charge in [0.2, 0.25) is 0 Å². The summed E-state index contributed by atoms with van der Waals surface area (Å²) >= 11 is 1.52. The lowest BCUT2D eigenvalue weighted by molar-refractivity contribution is 0.102. The predicted molar refractivity (Wildman–Crippen MR) is 95.3 cm³/mol. The summed E-state index contributed by atoms with van der Waals surface area (Å²) in [5.74, 6) is -0.142. The Kier molecular flexibility index (Phi) is 3.16. The molecule has 4 rings (SSSR count). The van der Waals surface area contributed by atoms with Crippen LogP contribution in [0, 0.1) is 13.8 Å². The van der Waals surface area contributed by atoms with Crippen LogP contribution in [0.25, 0.3) is 21.1 Å². The molecule has 0 aliphatic heterocycles. The quantitative estimate of drug-likeness (QED) is 0.565. The molecule has 4 nitrogen and oxygen atoms in total. The van der Waals surface area contributed by atoms with Gasteiger partial charge in [-0.25, -0.2) is 4.98 Å². The molecule has 0 unspecified atom stereocenters. The second-order valence-corrected chi connectivity index (χ2v) is 6.60. The molecule has 0 radical (unpaired) electrons. The summed E-state index contributed by atoms with van der Waals surface area (Å²) < 4.78 is 1.12. The molecule has 1 amide bonds. The summed E-state index contributed by atoms with van der Waals surface area (Å²) in [7, 11) is 0. The third-order valence-corrected chi connectivity index (χ3v) is 5.10. The number of aryl methyl sites for hydroxylation is 2. The molecule has 0 atom stereocenters. The number of hydrogen-bond donors (Lipinski definition) is 2. The van der Waals surface area contributed by atoms with Crippen molar-refractivity contribution in [3.63, 3.8) is 0 Å². The molecule has 0 saturated heterocycles. The topological polar surface area (TPSA) is 57.8 Å². The zero-order valence-corrected chi connectivity index (χ0v) is 13.6. The highest BCUT2D eigenvalue weighted by Crippen LogP contribution is 2.31. The zero-order valence-electron chi connectivity index (χ0n) is 12.8. The summed E-state index contributed by atoms with van der Waals surface area (Å²) in [5.41, 5.74) is 4.84. The van der Waals surface area contributed by atoms with Gasteiger partial charge < -0.3 is 4.98 Å². The maximum atomic E-state index is 12.6. The molecule has 0 spiro atoms. The van der Waals surface area contributed by atoms with Crippen LogP contribution >= 0.6 is 11.3 Å². The number of H-pyrrole nitrogens is 1. The summed E-state index contributed by atoms with van der Waals surface area (Å²) in [4.78, 5) is 20.3. The van der Waals surface area contributed by atoms with E-state index in [1.54, 1.807) is 6.20 Å². The van der Waals surface area contributed by atoms with E-state index in [1.165, 1.54) is 16.9 Å². The van der Waals surface area contributed by atoms with Crippen molar-refractivity contribution in [1.82, 2.24) is 9.97 Å². The Bertz CT molecular complexity index is 1010. The number of benzene rings is 2. The van der Waals surface area contributed by atoms with Crippen LogP contribution in [0.2, 0.25) is 0 Å². The van der Waals surface area contributed by atoms with Crippen molar-refractivity contribution in [1.29, 1.82) is 0 Å². The van der Waals surface area contributed by atoms with Crippen LogP contribution in [0.4, 0.5) is 5.13 Å². The van der Waals surface area contributed by atoms with Crippen LogP contribution in [0.3, 0.4) is 0 Å². The lowest BCUT2D eigenvalue weighted by atomic mass is 10.1. The predicted octanol–water partition coefficient (Wildman–Crippen LogP) is 4.65. The average molecular weight is 321 g/mol. The highest BCUT2D eigenvalue weighted by Gasteiger charge is 2.15. The smallest absolute Gasteiger partial charge is 0.259 e. The number of fused-ring (bicyclic) bond motifs is 2. The molecule has 2 aromatic heterocycles. The summed E-state index contributed by atoms with van der Waals surface area (Å²) in [6.07, 6.45) is 1.74. The summed E-state index contributed by atoms with van der Waals surface area (Å²) in [6.45, 7) is 4.10. The largest absolute Gasteiger partial charge is 0.360 e. The van der Waals surface area contributed by atoms with E-state index < -0.39 is 0 Å². The standard InChI is InChI=1S/C18H15N3OS/c1-10-7-8-11(2)16-15(10)20-18(23-16)21-17(22)13-9-19-14-6-4-3-5-12(13)14/h3-9,19H,1-2H3,(H,20,21,22). The molecular weight excluding hydrogens is 306 g/mol. The van der Waals surface area contributed by atoms with Gasteiger partial charge in [0.1, 0.15) is 0 Å². The van der Waals surface area contributed by atoms with E-state index in [2.05, 4.69) is 34.3 Å². The van der Waals surface area contributed by atoms with Crippen molar-refractivity contribution in [2.24, 2.45) is 0 Å². The van der Waals surface area contributed by atoms with Crippen LogP contribution < -0.4 is 5.32 Å². The number of aromatic nitrogens is 2. The fraction of sp³-hybridized carbons (Fsp3) is 0.111. The van der Waals surface area contributed by atoms with Gasteiger partial charge in [0.25, 0.3) is 5.91 Å². The van der Waals surface area contributed by atoms with Crippen molar-refractivity contribution in [3.05, 3.63) is 59.3 Å². The molecule has 0 aliphatic rings. The second kappa shape index (κ2) is 5.21. The van der Waals surface area contributed by atoms with Gasteiger partial charge in [-0.1, -0.05) is 41.7 Å². The van der Waals surface area contributed by atoms with Gasteiger partial charge in [-0.15, -0.1) is 0 Å². The van der Waals surface area contributed by atoms with Crippen LogP contribution in [0.5, 0.6) is 0 Å². The number of rotatable bonds is 2. The number of carbonyl (C=O) groups is 1. The Hall–Kier alpha value is -2.66. The minimum absolute atomic E-state index is 0.142. The van der Waals surface area contributed by atoms with Crippen molar-refractivity contribution in [3.8, 4) is 0 Å². The molecular formula is C18H15N3OS. The number of hydrogen-bond acceptors (Lipinski definition) is 3. The first kappa shape index (κ1) is 14.0. The van der Waals surface area contributed by atoms with Gasteiger partial charge in [-0.3, -0.25) is 10.1 Å². The first-order chi connectivity index (χ1) is 11.1. The van der Waals surface area contributed by atoms with Crippen molar-refractivity contribution < 1.29 is 4.79 Å². The number of anilines is 1. The lowest BCUT2D eigenvalue weighted by Gasteiger charge is -1.99. The van der Waals surface area contributed by atoms with E-state index in [1.807, 2.05) is 31.2 Å². The zero-order chi connectivity index (χ0) is 16.0. The maximum absolute atomic E-state index is 12.6. The molecule has 0 fully saturated rings. The number of aromatic amines is 1. The Morgan fingerprint density at radius 2 is 1.91 bits per heavy atom. The van der Waals surface area contributed by atoms with E-state index >= 15 is 0 Å².